The van der Waals surface area contributed by atoms with Crippen LogP contribution in [0.4, 0.5) is 5.95 Å². The SMILES string of the molecule is CC(C)(C)C(=O)Nc1ncn([C@H]2C[C@H](O)[C@@H](CO)O2)c(=O)n1. The van der Waals surface area contributed by atoms with Crippen LogP contribution in [0.2, 0.25) is 0 Å². The number of anilines is 1. The average molecular weight is 312 g/mol. The number of aliphatic hydroxyl groups is 2. The van der Waals surface area contributed by atoms with Crippen LogP contribution >= 0.6 is 0 Å². The van der Waals surface area contributed by atoms with Gasteiger partial charge >= 0.3 is 5.69 Å². The van der Waals surface area contributed by atoms with E-state index in [0.717, 1.165) is 4.57 Å². The van der Waals surface area contributed by atoms with Gasteiger partial charge in [-0.15, -0.1) is 0 Å². The molecule has 2 heterocycles. The maximum Gasteiger partial charge on any atom is 0.354 e. The van der Waals surface area contributed by atoms with Gasteiger partial charge in [-0.1, -0.05) is 20.8 Å². The summed E-state index contributed by atoms with van der Waals surface area (Å²) in [7, 11) is 0. The van der Waals surface area contributed by atoms with Crippen LogP contribution in [0.15, 0.2) is 11.1 Å². The van der Waals surface area contributed by atoms with Crippen molar-refractivity contribution < 1.29 is 19.7 Å². The quantitative estimate of drug-likeness (QED) is 0.671. The Morgan fingerprint density at radius 2 is 2.23 bits per heavy atom. The maximum absolute atomic E-state index is 12.0. The highest BCUT2D eigenvalue weighted by Gasteiger charge is 2.35. The molecule has 0 spiro atoms. The molecule has 1 aliphatic rings. The normalized spacial score (nSPS) is 25.2. The van der Waals surface area contributed by atoms with Crippen molar-refractivity contribution in [2.24, 2.45) is 5.41 Å². The Morgan fingerprint density at radius 3 is 2.73 bits per heavy atom. The van der Waals surface area contributed by atoms with E-state index in [0.29, 0.717) is 0 Å². The lowest BCUT2D eigenvalue weighted by atomic mass is 9.96. The van der Waals surface area contributed by atoms with Gasteiger partial charge in [0, 0.05) is 11.8 Å². The molecule has 3 atom stereocenters. The zero-order valence-electron chi connectivity index (χ0n) is 12.7. The zero-order chi connectivity index (χ0) is 16.5. The lowest BCUT2D eigenvalue weighted by molar-refractivity contribution is -0.123. The first-order valence-electron chi connectivity index (χ1n) is 6.93. The number of amides is 1. The number of carbonyl (C=O) groups excluding carboxylic acids is 1. The van der Waals surface area contributed by atoms with Crippen LogP contribution < -0.4 is 11.0 Å². The lowest BCUT2D eigenvalue weighted by Gasteiger charge is -2.17. The van der Waals surface area contributed by atoms with Crippen LogP contribution in [-0.4, -0.2) is 49.5 Å². The molecule has 1 saturated heterocycles. The van der Waals surface area contributed by atoms with Crippen LogP contribution in [0.1, 0.15) is 33.4 Å². The first kappa shape index (κ1) is 16.5. The van der Waals surface area contributed by atoms with Crippen LogP contribution in [0.3, 0.4) is 0 Å². The highest BCUT2D eigenvalue weighted by molar-refractivity contribution is 5.92. The molecule has 0 unspecified atom stereocenters. The number of nitrogens with one attached hydrogen (secondary N) is 1. The number of hydrogen-bond donors (Lipinski definition) is 3. The van der Waals surface area contributed by atoms with E-state index in [1.165, 1.54) is 6.33 Å². The van der Waals surface area contributed by atoms with E-state index in [4.69, 9.17) is 9.84 Å². The number of ether oxygens (including phenoxy) is 1. The Balaban J connectivity index is 2.14. The van der Waals surface area contributed by atoms with Crippen LogP contribution in [0.5, 0.6) is 0 Å². The minimum Gasteiger partial charge on any atom is -0.394 e. The summed E-state index contributed by atoms with van der Waals surface area (Å²) >= 11 is 0. The first-order chi connectivity index (χ1) is 10.2. The van der Waals surface area contributed by atoms with Gasteiger partial charge in [0.1, 0.15) is 18.7 Å². The number of hydrogen-bond acceptors (Lipinski definition) is 7. The molecule has 0 saturated carbocycles. The second-order valence-electron chi connectivity index (χ2n) is 6.19. The average Bonchev–Trinajstić information content (AvgIpc) is 2.78. The van der Waals surface area contributed by atoms with Crippen molar-refractivity contribution >= 4 is 11.9 Å². The third kappa shape index (κ3) is 3.49. The number of nitrogens with zero attached hydrogens (tertiary/aromatic N) is 3. The van der Waals surface area contributed by atoms with E-state index in [-0.39, 0.29) is 24.9 Å². The maximum atomic E-state index is 12.0. The van der Waals surface area contributed by atoms with E-state index in [9.17, 15) is 14.7 Å². The summed E-state index contributed by atoms with van der Waals surface area (Å²) in [5, 5.41) is 21.2. The molecule has 9 heteroatoms. The van der Waals surface area contributed by atoms with Gasteiger partial charge in [0.15, 0.2) is 0 Å². The van der Waals surface area contributed by atoms with Gasteiger partial charge in [0.05, 0.1) is 12.7 Å². The van der Waals surface area contributed by atoms with Gasteiger partial charge in [0.2, 0.25) is 11.9 Å². The first-order valence-corrected chi connectivity index (χ1v) is 6.93. The fourth-order valence-corrected chi connectivity index (χ4v) is 1.94. The van der Waals surface area contributed by atoms with E-state index in [1.807, 2.05) is 0 Å². The summed E-state index contributed by atoms with van der Waals surface area (Å²) < 4.78 is 6.48. The molecule has 1 fully saturated rings. The van der Waals surface area contributed by atoms with Crippen molar-refractivity contribution in [2.75, 3.05) is 11.9 Å². The van der Waals surface area contributed by atoms with Gasteiger partial charge in [-0.3, -0.25) is 14.7 Å². The lowest BCUT2D eigenvalue weighted by Crippen LogP contribution is -2.32. The van der Waals surface area contributed by atoms with Crippen molar-refractivity contribution in [2.45, 2.75) is 45.6 Å². The third-order valence-corrected chi connectivity index (χ3v) is 3.33. The molecular weight excluding hydrogens is 292 g/mol. The van der Waals surface area contributed by atoms with E-state index >= 15 is 0 Å². The molecule has 122 valence electrons. The Bertz CT molecular complexity index is 609. The zero-order valence-corrected chi connectivity index (χ0v) is 12.7. The van der Waals surface area contributed by atoms with Crippen molar-refractivity contribution in [3.05, 3.63) is 16.8 Å². The summed E-state index contributed by atoms with van der Waals surface area (Å²) in [6.07, 6.45) is -0.987. The largest absolute Gasteiger partial charge is 0.394 e. The smallest absolute Gasteiger partial charge is 0.354 e. The van der Waals surface area contributed by atoms with Gasteiger partial charge in [-0.25, -0.2) is 9.78 Å². The van der Waals surface area contributed by atoms with Crippen molar-refractivity contribution in [3.8, 4) is 0 Å². The minimum atomic E-state index is -0.859. The van der Waals surface area contributed by atoms with E-state index in [1.54, 1.807) is 20.8 Å². The molecule has 1 aliphatic heterocycles. The fourth-order valence-electron chi connectivity index (χ4n) is 1.94. The highest BCUT2D eigenvalue weighted by atomic mass is 16.5. The van der Waals surface area contributed by atoms with Crippen molar-refractivity contribution in [1.29, 1.82) is 0 Å². The number of aromatic nitrogens is 3. The topological polar surface area (TPSA) is 127 Å². The summed E-state index contributed by atoms with van der Waals surface area (Å²) in [6, 6.07) is 0. The molecule has 1 amide bonds. The Labute approximate surface area is 127 Å². The molecule has 22 heavy (non-hydrogen) atoms. The Kier molecular flexibility index (Phi) is 4.59. The van der Waals surface area contributed by atoms with Gasteiger partial charge in [-0.05, 0) is 0 Å². The molecule has 3 N–H and O–H groups in total. The van der Waals surface area contributed by atoms with E-state index in [2.05, 4.69) is 15.3 Å². The fraction of sp³-hybridized carbons (Fsp3) is 0.692. The van der Waals surface area contributed by atoms with Crippen LogP contribution in [0, 0.1) is 5.41 Å². The highest BCUT2D eigenvalue weighted by Crippen LogP contribution is 2.27. The Morgan fingerprint density at radius 1 is 1.55 bits per heavy atom. The standard InChI is InChI=1S/C13H20N4O5/c1-13(2,3)10(20)15-11-14-6-17(12(21)16-11)9-4-7(19)8(5-18)22-9/h6-9,18-19H,4-5H2,1-3H3,(H,15,16,20,21)/t7-,8+,9+/m0/s1. The minimum absolute atomic E-state index is 0.0848. The number of aliphatic hydroxyl groups excluding tert-OH is 2. The van der Waals surface area contributed by atoms with Gasteiger partial charge in [-0.2, -0.15) is 4.98 Å². The second-order valence-corrected chi connectivity index (χ2v) is 6.19. The molecular formula is C13H20N4O5. The van der Waals surface area contributed by atoms with Crippen molar-refractivity contribution in [3.63, 3.8) is 0 Å². The number of rotatable bonds is 3. The summed E-state index contributed by atoms with van der Waals surface area (Å²) in [4.78, 5) is 31.4. The molecule has 0 aliphatic carbocycles. The summed E-state index contributed by atoms with van der Waals surface area (Å²) in [5.74, 6) is -0.393. The van der Waals surface area contributed by atoms with Gasteiger partial charge in [0.25, 0.3) is 0 Å². The molecule has 0 aromatic carbocycles. The van der Waals surface area contributed by atoms with Crippen molar-refractivity contribution in [1.82, 2.24) is 14.5 Å². The molecule has 1 aromatic heterocycles. The van der Waals surface area contributed by atoms with Gasteiger partial charge < -0.3 is 14.9 Å². The molecule has 9 nitrogen and oxygen atoms in total. The third-order valence-electron chi connectivity index (χ3n) is 3.33. The molecule has 1 aromatic rings. The van der Waals surface area contributed by atoms with E-state index < -0.39 is 29.5 Å². The monoisotopic (exact) mass is 312 g/mol. The Hall–Kier alpha value is -1.84. The predicted molar refractivity (Wildman–Crippen MR) is 76.0 cm³/mol. The van der Waals surface area contributed by atoms with Crippen LogP contribution in [0.25, 0.3) is 0 Å². The molecule has 0 bridgehead atoms. The molecule has 0 radical (unpaired) electrons. The summed E-state index contributed by atoms with van der Waals surface area (Å²) in [6.45, 7) is 4.85. The number of carbonyl (C=O) groups is 1. The predicted octanol–water partition coefficient (Wildman–Crippen LogP) is -0.736. The molecule has 2 rings (SSSR count). The van der Waals surface area contributed by atoms with Crippen LogP contribution in [-0.2, 0) is 9.53 Å². The summed E-state index contributed by atoms with van der Waals surface area (Å²) in [5.41, 5.74) is -1.29. The second kappa shape index (κ2) is 6.11.